The van der Waals surface area contributed by atoms with Crippen LogP contribution in [0, 0.1) is 13.8 Å². The lowest BCUT2D eigenvalue weighted by atomic mass is 10.1. The molecule has 1 aliphatic heterocycles. The van der Waals surface area contributed by atoms with Crippen molar-refractivity contribution in [2.75, 3.05) is 24.7 Å². The Morgan fingerprint density at radius 1 is 1.38 bits per heavy atom. The standard InChI is InChI=1S/C13H20N2S/c1-9-6-12-13(7-10(9)2)16-8-11(15-12)4-5-14-3/h6-7,11,14-15H,4-5,8H2,1-3H3. The van der Waals surface area contributed by atoms with Gasteiger partial charge in [0.1, 0.15) is 0 Å². The Morgan fingerprint density at radius 2 is 2.12 bits per heavy atom. The van der Waals surface area contributed by atoms with Gasteiger partial charge in [-0.3, -0.25) is 0 Å². The molecule has 2 N–H and O–H groups in total. The van der Waals surface area contributed by atoms with Crippen LogP contribution in [0.1, 0.15) is 17.5 Å². The highest BCUT2D eigenvalue weighted by Crippen LogP contribution is 2.35. The number of benzene rings is 1. The van der Waals surface area contributed by atoms with Crippen LogP contribution in [0.15, 0.2) is 17.0 Å². The fourth-order valence-corrected chi connectivity index (χ4v) is 3.11. The van der Waals surface area contributed by atoms with Crippen LogP contribution in [0.2, 0.25) is 0 Å². The van der Waals surface area contributed by atoms with Crippen LogP contribution >= 0.6 is 11.8 Å². The van der Waals surface area contributed by atoms with E-state index in [0.29, 0.717) is 6.04 Å². The third kappa shape index (κ3) is 2.53. The fraction of sp³-hybridized carbons (Fsp3) is 0.538. The van der Waals surface area contributed by atoms with Gasteiger partial charge < -0.3 is 10.6 Å². The summed E-state index contributed by atoms with van der Waals surface area (Å²) in [5, 5.41) is 6.85. The molecule has 1 unspecified atom stereocenters. The van der Waals surface area contributed by atoms with Crippen LogP contribution in [-0.2, 0) is 0 Å². The number of hydrogen-bond donors (Lipinski definition) is 2. The third-order valence-corrected chi connectivity index (χ3v) is 4.36. The van der Waals surface area contributed by atoms with Gasteiger partial charge in [0.05, 0.1) is 0 Å². The van der Waals surface area contributed by atoms with Crippen molar-refractivity contribution >= 4 is 17.4 Å². The predicted octanol–water partition coefficient (Wildman–Crippen LogP) is 2.80. The lowest BCUT2D eigenvalue weighted by Gasteiger charge is -2.27. The van der Waals surface area contributed by atoms with E-state index in [0.717, 1.165) is 6.54 Å². The molecule has 1 aromatic rings. The molecular formula is C13H20N2S. The molecule has 3 heteroatoms. The van der Waals surface area contributed by atoms with E-state index in [9.17, 15) is 0 Å². The molecule has 0 bridgehead atoms. The van der Waals surface area contributed by atoms with Gasteiger partial charge in [0, 0.05) is 22.4 Å². The molecule has 1 atom stereocenters. The van der Waals surface area contributed by atoms with Gasteiger partial charge in [-0.2, -0.15) is 0 Å². The minimum Gasteiger partial charge on any atom is -0.381 e. The largest absolute Gasteiger partial charge is 0.381 e. The van der Waals surface area contributed by atoms with E-state index < -0.39 is 0 Å². The predicted molar refractivity (Wildman–Crippen MR) is 72.6 cm³/mol. The number of rotatable bonds is 3. The van der Waals surface area contributed by atoms with Crippen molar-refractivity contribution in [2.24, 2.45) is 0 Å². The van der Waals surface area contributed by atoms with Crippen LogP contribution in [0.3, 0.4) is 0 Å². The number of anilines is 1. The second-order valence-electron chi connectivity index (χ2n) is 4.48. The molecule has 0 saturated heterocycles. The van der Waals surface area contributed by atoms with Crippen LogP contribution in [-0.4, -0.2) is 25.4 Å². The van der Waals surface area contributed by atoms with Gasteiger partial charge in [-0.1, -0.05) is 0 Å². The maximum atomic E-state index is 3.64. The summed E-state index contributed by atoms with van der Waals surface area (Å²) in [6, 6.07) is 5.19. The summed E-state index contributed by atoms with van der Waals surface area (Å²) in [6.07, 6.45) is 1.19. The smallest absolute Gasteiger partial charge is 0.0483 e. The number of thioether (sulfide) groups is 1. The molecule has 16 heavy (non-hydrogen) atoms. The van der Waals surface area contributed by atoms with Crippen LogP contribution in [0.5, 0.6) is 0 Å². The first-order valence-electron chi connectivity index (χ1n) is 5.86. The summed E-state index contributed by atoms with van der Waals surface area (Å²) in [4.78, 5) is 1.41. The zero-order valence-electron chi connectivity index (χ0n) is 10.3. The molecule has 0 amide bonds. The molecule has 1 aliphatic rings. The minimum absolute atomic E-state index is 0.604. The summed E-state index contributed by atoms with van der Waals surface area (Å²) in [5.41, 5.74) is 4.09. The van der Waals surface area contributed by atoms with E-state index in [1.54, 1.807) is 0 Å². The lowest BCUT2D eigenvalue weighted by molar-refractivity contribution is 0.658. The molecule has 0 radical (unpaired) electrons. The Kier molecular flexibility index (Phi) is 3.77. The number of fused-ring (bicyclic) bond motifs is 1. The first kappa shape index (κ1) is 11.8. The third-order valence-electron chi connectivity index (χ3n) is 3.14. The molecule has 0 aliphatic carbocycles. The molecular weight excluding hydrogens is 216 g/mol. The minimum atomic E-state index is 0.604. The lowest BCUT2D eigenvalue weighted by Crippen LogP contribution is -2.29. The van der Waals surface area contributed by atoms with E-state index in [2.05, 4.69) is 36.6 Å². The Labute approximate surface area is 102 Å². The topological polar surface area (TPSA) is 24.1 Å². The van der Waals surface area contributed by atoms with E-state index in [1.165, 1.54) is 33.9 Å². The van der Waals surface area contributed by atoms with Crippen molar-refractivity contribution in [3.63, 3.8) is 0 Å². The zero-order valence-corrected chi connectivity index (χ0v) is 11.1. The molecule has 2 rings (SSSR count). The van der Waals surface area contributed by atoms with Gasteiger partial charge >= 0.3 is 0 Å². The maximum Gasteiger partial charge on any atom is 0.0483 e. The van der Waals surface area contributed by atoms with Crippen molar-refractivity contribution in [1.29, 1.82) is 0 Å². The average molecular weight is 236 g/mol. The second kappa shape index (κ2) is 5.11. The Hall–Kier alpha value is -0.670. The van der Waals surface area contributed by atoms with Gasteiger partial charge in [-0.25, -0.2) is 0 Å². The van der Waals surface area contributed by atoms with Gasteiger partial charge in [-0.15, -0.1) is 11.8 Å². The Morgan fingerprint density at radius 3 is 2.88 bits per heavy atom. The molecule has 1 aromatic carbocycles. The van der Waals surface area contributed by atoms with E-state index >= 15 is 0 Å². The van der Waals surface area contributed by atoms with Gasteiger partial charge in [-0.05, 0) is 57.1 Å². The van der Waals surface area contributed by atoms with Crippen LogP contribution < -0.4 is 10.6 Å². The highest BCUT2D eigenvalue weighted by atomic mass is 32.2. The summed E-state index contributed by atoms with van der Waals surface area (Å²) >= 11 is 1.98. The second-order valence-corrected chi connectivity index (χ2v) is 5.54. The molecule has 88 valence electrons. The summed E-state index contributed by atoms with van der Waals surface area (Å²) in [6.45, 7) is 5.45. The Balaban J connectivity index is 2.11. The SMILES string of the molecule is CNCCC1CSc2cc(C)c(C)cc2N1. The van der Waals surface area contributed by atoms with Crippen molar-refractivity contribution in [2.45, 2.75) is 31.2 Å². The summed E-state index contributed by atoms with van der Waals surface area (Å²) < 4.78 is 0. The van der Waals surface area contributed by atoms with Crippen molar-refractivity contribution in [3.8, 4) is 0 Å². The quantitative estimate of drug-likeness (QED) is 0.844. The van der Waals surface area contributed by atoms with Gasteiger partial charge in [0.2, 0.25) is 0 Å². The van der Waals surface area contributed by atoms with E-state index in [-0.39, 0.29) is 0 Å². The van der Waals surface area contributed by atoms with Crippen molar-refractivity contribution < 1.29 is 0 Å². The number of aryl methyl sites for hydroxylation is 2. The maximum absolute atomic E-state index is 3.64. The van der Waals surface area contributed by atoms with Crippen LogP contribution in [0.25, 0.3) is 0 Å². The number of nitrogens with one attached hydrogen (secondary N) is 2. The normalized spacial score (nSPS) is 19.1. The summed E-state index contributed by atoms with van der Waals surface area (Å²) in [5.74, 6) is 1.18. The van der Waals surface area contributed by atoms with E-state index in [1.807, 2.05) is 18.8 Å². The Bertz CT molecular complexity index is 376. The molecule has 0 spiro atoms. The van der Waals surface area contributed by atoms with Gasteiger partial charge in [0.25, 0.3) is 0 Å². The molecule has 0 saturated carbocycles. The van der Waals surface area contributed by atoms with Crippen LogP contribution in [0.4, 0.5) is 5.69 Å². The van der Waals surface area contributed by atoms with Crippen molar-refractivity contribution in [3.05, 3.63) is 23.3 Å². The average Bonchev–Trinajstić information content (AvgIpc) is 2.28. The zero-order chi connectivity index (χ0) is 11.5. The highest BCUT2D eigenvalue weighted by molar-refractivity contribution is 7.99. The monoisotopic (exact) mass is 236 g/mol. The fourth-order valence-electron chi connectivity index (χ4n) is 1.95. The van der Waals surface area contributed by atoms with Gasteiger partial charge in [0.15, 0.2) is 0 Å². The molecule has 1 heterocycles. The first-order chi connectivity index (χ1) is 7.70. The molecule has 0 fully saturated rings. The molecule has 2 nitrogen and oxygen atoms in total. The number of hydrogen-bond acceptors (Lipinski definition) is 3. The summed E-state index contributed by atoms with van der Waals surface area (Å²) in [7, 11) is 2.01. The first-order valence-corrected chi connectivity index (χ1v) is 6.84. The molecule has 0 aromatic heterocycles. The van der Waals surface area contributed by atoms with Crippen molar-refractivity contribution in [1.82, 2.24) is 5.32 Å². The highest BCUT2D eigenvalue weighted by Gasteiger charge is 2.18. The van der Waals surface area contributed by atoms with E-state index in [4.69, 9.17) is 0 Å².